The lowest BCUT2D eigenvalue weighted by Gasteiger charge is -2.17. The maximum atomic E-state index is 11.3. The zero-order valence-corrected chi connectivity index (χ0v) is 10.4. The van der Waals surface area contributed by atoms with Gasteiger partial charge in [-0.05, 0) is 24.3 Å². The average molecular weight is 245 g/mol. The molecule has 2 rings (SSSR count). The number of benzene rings is 1. The van der Waals surface area contributed by atoms with Gasteiger partial charge in [-0.1, -0.05) is 18.2 Å². The van der Waals surface area contributed by atoms with Gasteiger partial charge in [0.25, 0.3) is 0 Å². The Morgan fingerprint density at radius 2 is 1.94 bits per heavy atom. The van der Waals surface area contributed by atoms with E-state index in [9.17, 15) is 4.79 Å². The van der Waals surface area contributed by atoms with Crippen molar-refractivity contribution in [2.24, 2.45) is 0 Å². The maximum Gasteiger partial charge on any atom is 0.373 e. The van der Waals surface area contributed by atoms with E-state index in [2.05, 4.69) is 4.74 Å². The van der Waals surface area contributed by atoms with Crippen molar-refractivity contribution in [3.8, 4) is 0 Å². The quantitative estimate of drug-likeness (QED) is 0.777. The van der Waals surface area contributed by atoms with Gasteiger partial charge >= 0.3 is 5.97 Å². The van der Waals surface area contributed by atoms with E-state index in [0.29, 0.717) is 6.54 Å². The lowest BCUT2D eigenvalue weighted by molar-refractivity contribution is 0.0563. The van der Waals surface area contributed by atoms with Crippen LogP contribution in [-0.4, -0.2) is 20.1 Å². The second-order valence-electron chi connectivity index (χ2n) is 3.95. The van der Waals surface area contributed by atoms with Crippen LogP contribution >= 0.6 is 0 Å². The largest absolute Gasteiger partial charge is 0.463 e. The molecular formula is C14H15NO3. The molecule has 1 aromatic carbocycles. The van der Waals surface area contributed by atoms with Crippen molar-refractivity contribution < 1.29 is 13.9 Å². The summed E-state index contributed by atoms with van der Waals surface area (Å²) in [6.45, 7) is 0.598. The molecule has 0 bridgehead atoms. The average Bonchev–Trinajstić information content (AvgIpc) is 2.87. The fraction of sp³-hybridized carbons (Fsp3) is 0.214. The summed E-state index contributed by atoms with van der Waals surface area (Å²) in [4.78, 5) is 13.3. The Labute approximate surface area is 106 Å². The van der Waals surface area contributed by atoms with Crippen LogP contribution in [0.4, 0.5) is 5.69 Å². The SMILES string of the molecule is COC(=O)c1ccc(CN(C)c2ccccc2)o1. The van der Waals surface area contributed by atoms with Gasteiger partial charge in [0.05, 0.1) is 13.7 Å². The first-order chi connectivity index (χ1) is 8.70. The van der Waals surface area contributed by atoms with Gasteiger partial charge in [0.2, 0.25) is 5.76 Å². The summed E-state index contributed by atoms with van der Waals surface area (Å²) in [5, 5.41) is 0. The van der Waals surface area contributed by atoms with Crippen molar-refractivity contribution >= 4 is 11.7 Å². The van der Waals surface area contributed by atoms with Crippen LogP contribution in [0.5, 0.6) is 0 Å². The van der Waals surface area contributed by atoms with Gasteiger partial charge in [0.1, 0.15) is 5.76 Å². The number of para-hydroxylation sites is 1. The van der Waals surface area contributed by atoms with Crippen LogP contribution in [-0.2, 0) is 11.3 Å². The molecule has 1 heterocycles. The molecule has 1 aromatic heterocycles. The minimum Gasteiger partial charge on any atom is -0.463 e. The number of furan rings is 1. The fourth-order valence-electron chi connectivity index (χ4n) is 1.68. The molecule has 18 heavy (non-hydrogen) atoms. The topological polar surface area (TPSA) is 42.7 Å². The Morgan fingerprint density at radius 1 is 1.22 bits per heavy atom. The van der Waals surface area contributed by atoms with E-state index in [4.69, 9.17) is 4.42 Å². The highest BCUT2D eigenvalue weighted by Gasteiger charge is 2.12. The molecule has 4 nitrogen and oxygen atoms in total. The molecule has 0 aliphatic carbocycles. The van der Waals surface area contributed by atoms with Gasteiger partial charge in [-0.3, -0.25) is 0 Å². The Kier molecular flexibility index (Phi) is 3.67. The van der Waals surface area contributed by atoms with Gasteiger partial charge in [-0.15, -0.1) is 0 Å². The fourth-order valence-corrected chi connectivity index (χ4v) is 1.68. The summed E-state index contributed by atoms with van der Waals surface area (Å²) in [6, 6.07) is 13.4. The van der Waals surface area contributed by atoms with Gasteiger partial charge in [-0.25, -0.2) is 4.79 Å². The zero-order valence-electron chi connectivity index (χ0n) is 10.4. The van der Waals surface area contributed by atoms with Gasteiger partial charge in [0.15, 0.2) is 0 Å². The Hall–Kier alpha value is -2.23. The summed E-state index contributed by atoms with van der Waals surface area (Å²) < 4.78 is 10.0. The third kappa shape index (κ3) is 2.71. The van der Waals surface area contributed by atoms with E-state index >= 15 is 0 Å². The standard InChI is InChI=1S/C14H15NO3/c1-15(11-6-4-3-5-7-11)10-12-8-9-13(18-12)14(16)17-2/h3-9H,10H2,1-2H3. The normalized spacial score (nSPS) is 10.1. The van der Waals surface area contributed by atoms with Gasteiger partial charge in [0, 0.05) is 12.7 Å². The first kappa shape index (κ1) is 12.2. The smallest absolute Gasteiger partial charge is 0.373 e. The zero-order chi connectivity index (χ0) is 13.0. The summed E-state index contributed by atoms with van der Waals surface area (Å²) in [5.41, 5.74) is 1.09. The number of hydrogen-bond acceptors (Lipinski definition) is 4. The number of carbonyl (C=O) groups is 1. The van der Waals surface area contributed by atoms with E-state index in [1.807, 2.05) is 42.3 Å². The molecule has 0 saturated carbocycles. The van der Waals surface area contributed by atoms with Crippen LogP contribution in [0.15, 0.2) is 46.9 Å². The Bertz CT molecular complexity index is 519. The van der Waals surface area contributed by atoms with E-state index in [1.54, 1.807) is 12.1 Å². The van der Waals surface area contributed by atoms with E-state index in [1.165, 1.54) is 7.11 Å². The van der Waals surface area contributed by atoms with Gasteiger partial charge in [-0.2, -0.15) is 0 Å². The summed E-state index contributed by atoms with van der Waals surface area (Å²) in [5.74, 6) is 0.499. The van der Waals surface area contributed by atoms with Gasteiger partial charge < -0.3 is 14.1 Å². The summed E-state index contributed by atoms with van der Waals surface area (Å²) in [6.07, 6.45) is 0. The molecule has 0 fully saturated rings. The number of ether oxygens (including phenoxy) is 1. The molecule has 4 heteroatoms. The summed E-state index contributed by atoms with van der Waals surface area (Å²) in [7, 11) is 3.30. The molecule has 0 unspecified atom stereocenters. The van der Waals surface area contributed by atoms with Crippen molar-refractivity contribution in [2.45, 2.75) is 6.54 Å². The third-order valence-corrected chi connectivity index (χ3v) is 2.64. The predicted octanol–water partition coefficient (Wildman–Crippen LogP) is 2.70. The van der Waals surface area contributed by atoms with Crippen LogP contribution in [0, 0.1) is 0 Å². The van der Waals surface area contributed by atoms with Crippen molar-refractivity contribution in [3.05, 3.63) is 54.0 Å². The number of nitrogens with zero attached hydrogens (tertiary/aromatic N) is 1. The molecule has 0 N–H and O–H groups in total. The first-order valence-corrected chi connectivity index (χ1v) is 5.64. The first-order valence-electron chi connectivity index (χ1n) is 5.64. The molecule has 0 spiro atoms. The molecule has 94 valence electrons. The molecule has 0 amide bonds. The third-order valence-electron chi connectivity index (χ3n) is 2.64. The highest BCUT2D eigenvalue weighted by Crippen LogP contribution is 2.16. The molecule has 0 aliphatic rings. The van der Waals surface area contributed by atoms with E-state index < -0.39 is 5.97 Å². The lowest BCUT2D eigenvalue weighted by Crippen LogP contribution is -2.15. The number of hydrogen-bond donors (Lipinski definition) is 0. The van der Waals surface area contributed by atoms with Crippen LogP contribution < -0.4 is 4.90 Å². The van der Waals surface area contributed by atoms with Crippen molar-refractivity contribution in [1.29, 1.82) is 0 Å². The Morgan fingerprint density at radius 3 is 2.61 bits per heavy atom. The minimum absolute atomic E-state index is 0.231. The molecule has 0 saturated heterocycles. The minimum atomic E-state index is -0.455. The second-order valence-corrected chi connectivity index (χ2v) is 3.95. The summed E-state index contributed by atoms with van der Waals surface area (Å²) >= 11 is 0. The Balaban J connectivity index is 2.06. The molecular weight excluding hydrogens is 230 g/mol. The highest BCUT2D eigenvalue weighted by atomic mass is 16.5. The number of anilines is 1. The van der Waals surface area contributed by atoms with Crippen molar-refractivity contribution in [1.82, 2.24) is 0 Å². The number of carbonyl (C=O) groups excluding carboxylic acids is 1. The van der Waals surface area contributed by atoms with E-state index in [0.717, 1.165) is 11.4 Å². The number of esters is 1. The van der Waals surface area contributed by atoms with Crippen molar-refractivity contribution in [3.63, 3.8) is 0 Å². The van der Waals surface area contributed by atoms with Crippen LogP contribution in [0.25, 0.3) is 0 Å². The van der Waals surface area contributed by atoms with Crippen LogP contribution in [0.1, 0.15) is 16.3 Å². The molecule has 0 aliphatic heterocycles. The number of rotatable bonds is 4. The van der Waals surface area contributed by atoms with Crippen LogP contribution in [0.3, 0.4) is 0 Å². The predicted molar refractivity (Wildman–Crippen MR) is 68.6 cm³/mol. The monoisotopic (exact) mass is 245 g/mol. The van der Waals surface area contributed by atoms with Crippen LogP contribution in [0.2, 0.25) is 0 Å². The number of methoxy groups -OCH3 is 1. The second kappa shape index (κ2) is 5.40. The lowest BCUT2D eigenvalue weighted by atomic mass is 10.3. The highest BCUT2D eigenvalue weighted by molar-refractivity contribution is 5.86. The maximum absolute atomic E-state index is 11.3. The van der Waals surface area contributed by atoms with Crippen molar-refractivity contribution in [2.75, 3.05) is 19.1 Å². The molecule has 2 aromatic rings. The molecule has 0 radical (unpaired) electrons. The van der Waals surface area contributed by atoms with E-state index in [-0.39, 0.29) is 5.76 Å². The molecule has 0 atom stereocenters.